The smallest absolute Gasteiger partial charge is 0.213 e. The van der Waals surface area contributed by atoms with Gasteiger partial charge in [0.15, 0.2) is 0 Å². The van der Waals surface area contributed by atoms with Crippen molar-refractivity contribution in [1.29, 1.82) is 0 Å². The van der Waals surface area contributed by atoms with Crippen LogP contribution in [0.15, 0.2) is 30.7 Å². The number of ether oxygens (including phenoxy) is 1. The molecule has 3 aliphatic heterocycles. The van der Waals surface area contributed by atoms with Crippen LogP contribution >= 0.6 is 12.4 Å². The summed E-state index contributed by atoms with van der Waals surface area (Å²) in [5.41, 5.74) is 2.12. The SMILES string of the molecule is Cl.c1cc(OC2[C@H]3CC4C[C@H]2CN(C4)C3)ncc1-c1cn[nH]c1. The number of hydrogen-bond acceptors (Lipinski definition) is 4. The molecule has 0 unspecified atom stereocenters. The number of halogens is 1. The lowest BCUT2D eigenvalue weighted by atomic mass is 9.66. The summed E-state index contributed by atoms with van der Waals surface area (Å²) in [4.78, 5) is 7.14. The van der Waals surface area contributed by atoms with Crippen LogP contribution in [0.2, 0.25) is 0 Å². The quantitative estimate of drug-likeness (QED) is 0.938. The maximum absolute atomic E-state index is 6.30. The van der Waals surface area contributed by atoms with Crippen molar-refractivity contribution in [2.24, 2.45) is 17.8 Å². The number of rotatable bonds is 3. The number of aromatic nitrogens is 3. The summed E-state index contributed by atoms with van der Waals surface area (Å²) in [6.07, 6.45) is 8.60. The van der Waals surface area contributed by atoms with E-state index in [4.69, 9.17) is 4.74 Å². The Labute approximate surface area is 141 Å². The van der Waals surface area contributed by atoms with E-state index in [0.29, 0.717) is 17.9 Å². The number of nitrogens with one attached hydrogen (secondary N) is 1. The molecule has 1 N–H and O–H groups in total. The van der Waals surface area contributed by atoms with Gasteiger partial charge in [-0.1, -0.05) is 0 Å². The van der Waals surface area contributed by atoms with Crippen molar-refractivity contribution in [3.05, 3.63) is 30.7 Å². The Morgan fingerprint density at radius 1 is 1.04 bits per heavy atom. The van der Waals surface area contributed by atoms with Gasteiger partial charge in [-0.2, -0.15) is 5.10 Å². The summed E-state index contributed by atoms with van der Waals surface area (Å²) >= 11 is 0. The minimum Gasteiger partial charge on any atom is -0.474 e. The van der Waals surface area contributed by atoms with Crippen LogP contribution in [0, 0.1) is 17.8 Å². The van der Waals surface area contributed by atoms with Gasteiger partial charge < -0.3 is 9.64 Å². The molecule has 0 aromatic carbocycles. The molecule has 0 amide bonds. The average Bonchev–Trinajstić information content (AvgIpc) is 3.05. The zero-order valence-corrected chi connectivity index (χ0v) is 13.7. The molecule has 1 aliphatic carbocycles. The fourth-order valence-corrected chi connectivity index (χ4v) is 4.73. The third-order valence-electron chi connectivity index (χ3n) is 5.53. The Balaban J connectivity index is 0.00000135. The summed E-state index contributed by atoms with van der Waals surface area (Å²) in [6.45, 7) is 3.74. The van der Waals surface area contributed by atoms with Crippen molar-refractivity contribution in [1.82, 2.24) is 20.1 Å². The summed E-state index contributed by atoms with van der Waals surface area (Å²) in [6, 6.07) is 4.06. The van der Waals surface area contributed by atoms with E-state index in [1.165, 1.54) is 32.5 Å². The van der Waals surface area contributed by atoms with E-state index in [2.05, 4.69) is 26.1 Å². The van der Waals surface area contributed by atoms with Gasteiger partial charge in [-0.05, 0) is 24.8 Å². The second-order valence-corrected chi connectivity index (χ2v) is 7.03. The average molecular weight is 333 g/mol. The normalized spacial score (nSPS) is 34.2. The number of piperidine rings is 3. The van der Waals surface area contributed by atoms with Crippen LogP contribution < -0.4 is 4.74 Å². The van der Waals surface area contributed by atoms with Crippen LogP contribution in [0.25, 0.3) is 11.1 Å². The van der Waals surface area contributed by atoms with Gasteiger partial charge in [0.1, 0.15) is 6.10 Å². The minimum absolute atomic E-state index is 0. The number of aromatic amines is 1. The first kappa shape index (κ1) is 15.0. The Kier molecular flexibility index (Phi) is 3.77. The maximum Gasteiger partial charge on any atom is 0.213 e. The molecule has 5 nitrogen and oxygen atoms in total. The Bertz CT molecular complexity index is 630. The van der Waals surface area contributed by atoms with Gasteiger partial charge in [0, 0.05) is 61.1 Å². The first-order chi connectivity index (χ1) is 10.8. The third-order valence-corrected chi connectivity index (χ3v) is 5.53. The highest BCUT2D eigenvalue weighted by Crippen LogP contribution is 2.44. The van der Waals surface area contributed by atoms with E-state index in [1.807, 2.05) is 24.7 Å². The molecule has 2 atom stereocenters. The first-order valence-corrected chi connectivity index (χ1v) is 8.19. The third kappa shape index (κ3) is 2.62. The predicted octanol–water partition coefficient (Wildman–Crippen LogP) is 2.61. The molecular formula is C17H21ClN4O. The highest BCUT2D eigenvalue weighted by Gasteiger charge is 2.48. The van der Waals surface area contributed by atoms with Gasteiger partial charge in [0.25, 0.3) is 0 Å². The molecule has 3 saturated heterocycles. The van der Waals surface area contributed by atoms with Crippen molar-refractivity contribution in [3.8, 4) is 17.0 Å². The van der Waals surface area contributed by atoms with Crippen LogP contribution in [0.3, 0.4) is 0 Å². The Hall–Kier alpha value is -1.59. The van der Waals surface area contributed by atoms with E-state index < -0.39 is 0 Å². The predicted molar refractivity (Wildman–Crippen MR) is 89.6 cm³/mol. The monoisotopic (exact) mass is 332 g/mol. The van der Waals surface area contributed by atoms with Crippen LogP contribution in [-0.2, 0) is 0 Å². The van der Waals surface area contributed by atoms with E-state index in [-0.39, 0.29) is 12.4 Å². The second-order valence-electron chi connectivity index (χ2n) is 7.03. The van der Waals surface area contributed by atoms with Gasteiger partial charge in [-0.3, -0.25) is 5.10 Å². The highest BCUT2D eigenvalue weighted by molar-refractivity contribution is 5.85. The van der Waals surface area contributed by atoms with Gasteiger partial charge in [-0.25, -0.2) is 4.98 Å². The first-order valence-electron chi connectivity index (χ1n) is 8.19. The molecule has 4 aliphatic rings. The molecule has 0 spiro atoms. The lowest BCUT2D eigenvalue weighted by Crippen LogP contribution is -2.61. The summed E-state index contributed by atoms with van der Waals surface area (Å²) in [5, 5.41) is 6.81. The van der Waals surface area contributed by atoms with Crippen LogP contribution in [0.1, 0.15) is 12.8 Å². The Morgan fingerprint density at radius 3 is 2.48 bits per heavy atom. The molecule has 6 rings (SSSR count). The molecule has 23 heavy (non-hydrogen) atoms. The van der Waals surface area contributed by atoms with Crippen LogP contribution in [0.5, 0.6) is 5.88 Å². The summed E-state index contributed by atoms with van der Waals surface area (Å²) < 4.78 is 6.30. The number of H-pyrrole nitrogens is 1. The fraction of sp³-hybridized carbons (Fsp3) is 0.529. The zero-order valence-electron chi connectivity index (χ0n) is 12.9. The van der Waals surface area contributed by atoms with Crippen molar-refractivity contribution >= 4 is 12.4 Å². The molecular weight excluding hydrogens is 312 g/mol. The maximum atomic E-state index is 6.30. The lowest BCUT2D eigenvalue weighted by Gasteiger charge is -2.55. The number of nitrogens with zero attached hydrogens (tertiary/aromatic N) is 3. The van der Waals surface area contributed by atoms with E-state index >= 15 is 0 Å². The molecule has 122 valence electrons. The topological polar surface area (TPSA) is 54.0 Å². The van der Waals surface area contributed by atoms with Gasteiger partial charge in [-0.15, -0.1) is 12.4 Å². The minimum atomic E-state index is 0. The van der Waals surface area contributed by atoms with Gasteiger partial charge in [0.2, 0.25) is 5.88 Å². The largest absolute Gasteiger partial charge is 0.474 e. The zero-order chi connectivity index (χ0) is 14.5. The second kappa shape index (κ2) is 5.80. The van der Waals surface area contributed by atoms with Crippen molar-refractivity contribution in [3.63, 3.8) is 0 Å². The number of hydrogen-bond donors (Lipinski definition) is 1. The Morgan fingerprint density at radius 2 is 1.87 bits per heavy atom. The lowest BCUT2D eigenvalue weighted by molar-refractivity contribution is -0.0997. The van der Waals surface area contributed by atoms with Crippen molar-refractivity contribution in [2.75, 3.05) is 19.6 Å². The van der Waals surface area contributed by atoms with Gasteiger partial charge in [0.05, 0.1) is 6.20 Å². The van der Waals surface area contributed by atoms with Crippen molar-refractivity contribution in [2.45, 2.75) is 18.9 Å². The van der Waals surface area contributed by atoms with E-state index in [1.54, 1.807) is 0 Å². The molecule has 1 saturated carbocycles. The molecule has 5 heterocycles. The van der Waals surface area contributed by atoms with E-state index in [0.717, 1.165) is 22.9 Å². The summed E-state index contributed by atoms with van der Waals surface area (Å²) in [7, 11) is 0. The van der Waals surface area contributed by atoms with Gasteiger partial charge >= 0.3 is 0 Å². The molecule has 2 aromatic rings. The molecule has 6 heteroatoms. The van der Waals surface area contributed by atoms with Crippen molar-refractivity contribution < 1.29 is 4.74 Å². The standard InChI is InChI=1S/C17H20N4O.ClH/c1-2-16(18-5-12(1)15-6-19-20-7-15)22-17-13-3-11-4-14(17)10-21(8-11)9-13;/h1-2,5-7,11,13-14,17H,3-4,8-10H2,(H,19,20);1H/t11?,13-,14-,17?;/m0./s1. The molecule has 4 bridgehead atoms. The summed E-state index contributed by atoms with van der Waals surface area (Å²) in [5.74, 6) is 3.07. The fourth-order valence-electron chi connectivity index (χ4n) is 4.73. The van der Waals surface area contributed by atoms with Crippen LogP contribution in [0.4, 0.5) is 0 Å². The molecule has 4 fully saturated rings. The number of pyridine rings is 1. The van der Waals surface area contributed by atoms with Crippen LogP contribution in [-0.4, -0.2) is 45.8 Å². The van der Waals surface area contributed by atoms with E-state index in [9.17, 15) is 0 Å². The molecule has 2 aromatic heterocycles. The highest BCUT2D eigenvalue weighted by atomic mass is 35.5. The molecule has 0 radical (unpaired) electrons.